The lowest BCUT2D eigenvalue weighted by Crippen LogP contribution is -2.36. The van der Waals surface area contributed by atoms with Crippen molar-refractivity contribution in [3.63, 3.8) is 0 Å². The van der Waals surface area contributed by atoms with Crippen LogP contribution in [0.4, 0.5) is 5.69 Å². The number of hydrogen-bond acceptors (Lipinski definition) is 2. The lowest BCUT2D eigenvalue weighted by atomic mass is 10.0. The predicted molar refractivity (Wildman–Crippen MR) is 81.9 cm³/mol. The third-order valence-electron chi connectivity index (χ3n) is 3.25. The van der Waals surface area contributed by atoms with Crippen LogP contribution in [0.5, 0.6) is 0 Å². The summed E-state index contributed by atoms with van der Waals surface area (Å²) < 4.78 is 0. The van der Waals surface area contributed by atoms with Gasteiger partial charge in [0.2, 0.25) is 11.8 Å². The highest BCUT2D eigenvalue weighted by atomic mass is 35.5. The number of rotatable bonds is 6. The molecule has 0 aliphatic rings. The van der Waals surface area contributed by atoms with Gasteiger partial charge >= 0.3 is 0 Å². The Kier molecular flexibility index (Phi) is 6.52. The van der Waals surface area contributed by atoms with E-state index in [1.54, 1.807) is 12.1 Å². The van der Waals surface area contributed by atoms with Crippen LogP contribution < -0.4 is 10.6 Å². The highest BCUT2D eigenvalue weighted by Crippen LogP contribution is 2.19. The SMILES string of the molecule is CCC(CC)C(=O)NCC(=O)Nc1cc(Cl)ccc1C. The van der Waals surface area contributed by atoms with E-state index in [0.29, 0.717) is 10.7 Å². The Hall–Kier alpha value is -1.55. The first kappa shape index (κ1) is 16.5. The molecule has 1 rings (SSSR count). The summed E-state index contributed by atoms with van der Waals surface area (Å²) in [6.45, 7) is 5.78. The zero-order valence-corrected chi connectivity index (χ0v) is 12.9. The highest BCUT2D eigenvalue weighted by molar-refractivity contribution is 6.31. The van der Waals surface area contributed by atoms with Crippen LogP contribution in [-0.4, -0.2) is 18.4 Å². The fraction of sp³-hybridized carbons (Fsp3) is 0.467. The number of halogens is 1. The van der Waals surface area contributed by atoms with Crippen molar-refractivity contribution in [2.45, 2.75) is 33.6 Å². The first-order valence-corrected chi connectivity index (χ1v) is 7.19. The van der Waals surface area contributed by atoms with Gasteiger partial charge in [-0.3, -0.25) is 9.59 Å². The monoisotopic (exact) mass is 296 g/mol. The van der Waals surface area contributed by atoms with Gasteiger partial charge in [-0.1, -0.05) is 31.5 Å². The number of carbonyl (C=O) groups is 2. The molecule has 2 N–H and O–H groups in total. The molecule has 20 heavy (non-hydrogen) atoms. The average molecular weight is 297 g/mol. The van der Waals surface area contributed by atoms with E-state index in [1.165, 1.54) is 0 Å². The van der Waals surface area contributed by atoms with Crippen molar-refractivity contribution in [3.8, 4) is 0 Å². The summed E-state index contributed by atoms with van der Waals surface area (Å²) in [7, 11) is 0. The third kappa shape index (κ3) is 4.85. The van der Waals surface area contributed by atoms with Crippen LogP contribution in [0.1, 0.15) is 32.3 Å². The first-order chi connectivity index (χ1) is 9.47. The molecule has 0 fully saturated rings. The van der Waals surface area contributed by atoms with Gasteiger partial charge < -0.3 is 10.6 Å². The molecule has 0 saturated carbocycles. The molecular weight excluding hydrogens is 276 g/mol. The van der Waals surface area contributed by atoms with E-state index in [2.05, 4.69) is 10.6 Å². The Bertz CT molecular complexity index is 485. The molecule has 1 aromatic rings. The molecule has 110 valence electrons. The van der Waals surface area contributed by atoms with E-state index >= 15 is 0 Å². The number of hydrogen-bond donors (Lipinski definition) is 2. The molecule has 0 unspecified atom stereocenters. The van der Waals surface area contributed by atoms with Gasteiger partial charge in [-0.2, -0.15) is 0 Å². The minimum Gasteiger partial charge on any atom is -0.347 e. The van der Waals surface area contributed by atoms with Gasteiger partial charge in [0, 0.05) is 16.6 Å². The van der Waals surface area contributed by atoms with Crippen LogP contribution in [0.25, 0.3) is 0 Å². The molecule has 0 spiro atoms. The molecule has 0 radical (unpaired) electrons. The summed E-state index contributed by atoms with van der Waals surface area (Å²) >= 11 is 5.89. The van der Waals surface area contributed by atoms with Crippen molar-refractivity contribution < 1.29 is 9.59 Å². The van der Waals surface area contributed by atoms with Gasteiger partial charge in [0.1, 0.15) is 0 Å². The van der Waals surface area contributed by atoms with E-state index in [-0.39, 0.29) is 24.3 Å². The van der Waals surface area contributed by atoms with Gasteiger partial charge in [0.25, 0.3) is 0 Å². The fourth-order valence-electron chi connectivity index (χ4n) is 1.89. The summed E-state index contributed by atoms with van der Waals surface area (Å²) in [6.07, 6.45) is 1.55. The van der Waals surface area contributed by atoms with Crippen molar-refractivity contribution in [1.29, 1.82) is 0 Å². The number of amides is 2. The Morgan fingerprint density at radius 2 is 1.90 bits per heavy atom. The molecule has 0 aromatic heterocycles. The van der Waals surface area contributed by atoms with Crippen molar-refractivity contribution in [2.24, 2.45) is 5.92 Å². The Morgan fingerprint density at radius 3 is 2.50 bits per heavy atom. The van der Waals surface area contributed by atoms with Crippen LogP contribution >= 0.6 is 11.6 Å². The van der Waals surface area contributed by atoms with Gasteiger partial charge in [-0.15, -0.1) is 0 Å². The van der Waals surface area contributed by atoms with E-state index in [9.17, 15) is 9.59 Å². The molecule has 0 aliphatic carbocycles. The van der Waals surface area contributed by atoms with E-state index < -0.39 is 0 Å². The number of benzene rings is 1. The number of nitrogens with one attached hydrogen (secondary N) is 2. The van der Waals surface area contributed by atoms with Gasteiger partial charge in [-0.25, -0.2) is 0 Å². The van der Waals surface area contributed by atoms with Crippen LogP contribution in [0, 0.1) is 12.8 Å². The summed E-state index contributed by atoms with van der Waals surface area (Å²) in [5, 5.41) is 5.96. The maximum atomic E-state index is 11.8. The highest BCUT2D eigenvalue weighted by Gasteiger charge is 2.15. The second kappa shape index (κ2) is 7.90. The first-order valence-electron chi connectivity index (χ1n) is 6.81. The topological polar surface area (TPSA) is 58.2 Å². The molecular formula is C15H21ClN2O2. The Morgan fingerprint density at radius 1 is 1.25 bits per heavy atom. The Balaban J connectivity index is 2.52. The van der Waals surface area contributed by atoms with Crippen molar-refractivity contribution in [1.82, 2.24) is 5.32 Å². The third-order valence-corrected chi connectivity index (χ3v) is 3.49. The lowest BCUT2D eigenvalue weighted by molar-refractivity contribution is -0.127. The normalized spacial score (nSPS) is 10.4. The number of anilines is 1. The van der Waals surface area contributed by atoms with Crippen molar-refractivity contribution in [2.75, 3.05) is 11.9 Å². The summed E-state index contributed by atoms with van der Waals surface area (Å²) in [4.78, 5) is 23.6. The van der Waals surface area contributed by atoms with Crippen molar-refractivity contribution >= 4 is 29.1 Å². The van der Waals surface area contributed by atoms with Crippen LogP contribution in [0.2, 0.25) is 5.02 Å². The minimum absolute atomic E-state index is 0.0265. The summed E-state index contributed by atoms with van der Waals surface area (Å²) in [5.74, 6) is -0.363. The lowest BCUT2D eigenvalue weighted by Gasteiger charge is -2.13. The van der Waals surface area contributed by atoms with Crippen molar-refractivity contribution in [3.05, 3.63) is 28.8 Å². The fourth-order valence-corrected chi connectivity index (χ4v) is 2.07. The molecule has 5 heteroatoms. The standard InChI is InChI=1S/C15H21ClN2O2/c1-4-11(5-2)15(20)17-9-14(19)18-13-8-12(16)7-6-10(13)3/h6-8,11H,4-5,9H2,1-3H3,(H,17,20)(H,18,19). The second-order valence-electron chi connectivity index (χ2n) is 4.74. The number of aryl methyl sites for hydroxylation is 1. The summed E-state index contributed by atoms with van der Waals surface area (Å²) in [6, 6.07) is 5.29. The quantitative estimate of drug-likeness (QED) is 0.847. The summed E-state index contributed by atoms with van der Waals surface area (Å²) in [5.41, 5.74) is 1.59. The zero-order valence-electron chi connectivity index (χ0n) is 12.1. The van der Waals surface area contributed by atoms with E-state index in [0.717, 1.165) is 18.4 Å². The van der Waals surface area contributed by atoms with Crippen LogP contribution in [-0.2, 0) is 9.59 Å². The van der Waals surface area contributed by atoms with Gasteiger partial charge in [-0.05, 0) is 37.5 Å². The number of carbonyl (C=O) groups excluding carboxylic acids is 2. The van der Waals surface area contributed by atoms with E-state index in [1.807, 2.05) is 26.8 Å². The maximum absolute atomic E-state index is 11.8. The molecule has 0 atom stereocenters. The van der Waals surface area contributed by atoms with E-state index in [4.69, 9.17) is 11.6 Å². The molecule has 0 heterocycles. The van der Waals surface area contributed by atoms with Gasteiger partial charge in [0.05, 0.1) is 6.54 Å². The molecule has 2 amide bonds. The minimum atomic E-state index is -0.255. The average Bonchev–Trinajstić information content (AvgIpc) is 2.42. The largest absolute Gasteiger partial charge is 0.347 e. The zero-order chi connectivity index (χ0) is 15.1. The van der Waals surface area contributed by atoms with Crippen LogP contribution in [0.15, 0.2) is 18.2 Å². The smallest absolute Gasteiger partial charge is 0.243 e. The van der Waals surface area contributed by atoms with Gasteiger partial charge in [0.15, 0.2) is 0 Å². The molecule has 1 aromatic carbocycles. The molecule has 0 saturated heterocycles. The maximum Gasteiger partial charge on any atom is 0.243 e. The Labute approximate surface area is 124 Å². The van der Waals surface area contributed by atoms with Crippen LogP contribution in [0.3, 0.4) is 0 Å². The molecule has 0 aliphatic heterocycles. The molecule has 0 bridgehead atoms. The predicted octanol–water partition coefficient (Wildman–Crippen LogP) is 3.14. The molecule has 4 nitrogen and oxygen atoms in total. The second-order valence-corrected chi connectivity index (χ2v) is 5.18.